The Morgan fingerprint density at radius 2 is 1.33 bits per heavy atom. The fraction of sp³-hybridized carbons (Fsp3) is 0.381. The first-order valence-electron chi connectivity index (χ1n) is 8.59. The van der Waals surface area contributed by atoms with Crippen molar-refractivity contribution in [3.63, 3.8) is 0 Å². The van der Waals surface area contributed by atoms with Gasteiger partial charge in [-0.1, -0.05) is 74.5 Å². The average molecular weight is 326 g/mol. The molecule has 0 fully saturated rings. The van der Waals surface area contributed by atoms with E-state index in [4.69, 9.17) is 5.73 Å². The lowest BCUT2D eigenvalue weighted by molar-refractivity contribution is -0.131. The Hall–Kier alpha value is -2.13. The van der Waals surface area contributed by atoms with Gasteiger partial charge in [0.2, 0.25) is 5.91 Å². The fourth-order valence-electron chi connectivity index (χ4n) is 2.43. The third-order valence-electron chi connectivity index (χ3n) is 4.17. The van der Waals surface area contributed by atoms with E-state index < -0.39 is 5.41 Å². The van der Waals surface area contributed by atoms with Crippen molar-refractivity contribution in [3.8, 4) is 0 Å². The second-order valence-corrected chi connectivity index (χ2v) is 6.22. The monoisotopic (exact) mass is 326 g/mol. The highest BCUT2D eigenvalue weighted by atomic mass is 16.2. The maximum absolute atomic E-state index is 12.7. The van der Waals surface area contributed by atoms with Crippen LogP contribution in [0.3, 0.4) is 0 Å². The highest BCUT2D eigenvalue weighted by Gasteiger charge is 2.36. The van der Waals surface area contributed by atoms with Crippen molar-refractivity contribution in [2.24, 2.45) is 11.1 Å². The molecule has 0 saturated carbocycles. The minimum Gasteiger partial charge on any atom is -0.349 e. The summed E-state index contributed by atoms with van der Waals surface area (Å²) in [5.74, 6) is -0.0415. The van der Waals surface area contributed by atoms with Gasteiger partial charge in [0.1, 0.15) is 0 Å². The molecule has 0 aromatic heterocycles. The van der Waals surface area contributed by atoms with E-state index in [9.17, 15) is 4.79 Å². The molecule has 3 heteroatoms. The second kappa shape index (κ2) is 9.24. The number of hydrogen-bond donors (Lipinski definition) is 2. The molecule has 130 valence electrons. The van der Waals surface area contributed by atoms with Crippen LogP contribution in [0.4, 0.5) is 0 Å². The molecule has 0 bridgehead atoms. The molecule has 0 aliphatic heterocycles. The van der Waals surface area contributed by atoms with Gasteiger partial charge in [0.05, 0.1) is 11.5 Å². The highest BCUT2D eigenvalue weighted by molar-refractivity contribution is 5.83. The van der Waals surface area contributed by atoms with Crippen LogP contribution in [0.5, 0.6) is 0 Å². The summed E-state index contributed by atoms with van der Waals surface area (Å²) in [5.41, 5.74) is 7.69. The normalized spacial score (nSPS) is 13.2. The molecular formula is C21H30N2O. The van der Waals surface area contributed by atoms with E-state index in [-0.39, 0.29) is 18.0 Å². The van der Waals surface area contributed by atoms with Crippen molar-refractivity contribution in [1.29, 1.82) is 0 Å². The zero-order valence-electron chi connectivity index (χ0n) is 15.4. The summed E-state index contributed by atoms with van der Waals surface area (Å²) >= 11 is 0. The van der Waals surface area contributed by atoms with E-state index in [2.05, 4.69) is 5.32 Å². The molecule has 0 radical (unpaired) electrons. The van der Waals surface area contributed by atoms with Crippen LogP contribution < -0.4 is 11.1 Å². The second-order valence-electron chi connectivity index (χ2n) is 6.22. The van der Waals surface area contributed by atoms with Gasteiger partial charge < -0.3 is 11.1 Å². The fourth-order valence-corrected chi connectivity index (χ4v) is 2.43. The summed E-state index contributed by atoms with van der Waals surface area (Å²) in [5, 5.41) is 3.07. The lowest BCUT2D eigenvalue weighted by atomic mass is 9.80. The summed E-state index contributed by atoms with van der Waals surface area (Å²) in [6.07, 6.45) is 0. The Balaban J connectivity index is 0.00000139. The molecular weight excluding hydrogens is 296 g/mol. The molecule has 2 rings (SSSR count). The average Bonchev–Trinajstić information content (AvgIpc) is 2.64. The predicted octanol–water partition coefficient (Wildman–Crippen LogP) is 4.62. The van der Waals surface area contributed by atoms with E-state index in [1.165, 1.54) is 0 Å². The van der Waals surface area contributed by atoms with Crippen LogP contribution in [-0.4, -0.2) is 5.91 Å². The minimum atomic E-state index is -0.690. The lowest BCUT2D eigenvalue weighted by Crippen LogP contribution is -2.44. The van der Waals surface area contributed by atoms with Gasteiger partial charge >= 0.3 is 0 Å². The maximum Gasteiger partial charge on any atom is 0.228 e. The van der Waals surface area contributed by atoms with Crippen molar-refractivity contribution >= 4 is 5.91 Å². The minimum absolute atomic E-state index is 0.0415. The first kappa shape index (κ1) is 19.9. The van der Waals surface area contributed by atoms with Crippen molar-refractivity contribution in [3.05, 3.63) is 71.8 Å². The molecule has 2 aromatic rings. The van der Waals surface area contributed by atoms with E-state index in [0.717, 1.165) is 11.1 Å². The number of carbonyl (C=O) groups is 1. The summed E-state index contributed by atoms with van der Waals surface area (Å²) in [4.78, 5) is 12.7. The van der Waals surface area contributed by atoms with E-state index in [1.807, 2.05) is 95.3 Å². The molecule has 2 atom stereocenters. The molecule has 1 amide bonds. The van der Waals surface area contributed by atoms with Gasteiger partial charge in [-0.2, -0.15) is 0 Å². The number of nitrogens with one attached hydrogen (secondary N) is 1. The van der Waals surface area contributed by atoms with Crippen LogP contribution in [0.25, 0.3) is 0 Å². The summed E-state index contributed by atoms with van der Waals surface area (Å²) in [7, 11) is 0. The van der Waals surface area contributed by atoms with Gasteiger partial charge in [-0.3, -0.25) is 4.79 Å². The molecule has 0 saturated heterocycles. The van der Waals surface area contributed by atoms with Crippen LogP contribution in [0.1, 0.15) is 57.8 Å². The van der Waals surface area contributed by atoms with Gasteiger partial charge in [-0.05, 0) is 31.9 Å². The molecule has 3 N–H and O–H groups in total. The van der Waals surface area contributed by atoms with Gasteiger partial charge in [0, 0.05) is 6.04 Å². The van der Waals surface area contributed by atoms with E-state index >= 15 is 0 Å². The van der Waals surface area contributed by atoms with E-state index in [1.54, 1.807) is 0 Å². The maximum atomic E-state index is 12.7. The molecule has 1 unspecified atom stereocenters. The van der Waals surface area contributed by atoms with Crippen molar-refractivity contribution in [2.75, 3.05) is 0 Å². The predicted molar refractivity (Wildman–Crippen MR) is 101 cm³/mol. The van der Waals surface area contributed by atoms with Crippen LogP contribution in [-0.2, 0) is 4.79 Å². The van der Waals surface area contributed by atoms with Crippen LogP contribution >= 0.6 is 0 Å². The number of nitrogens with two attached hydrogens (primary N) is 1. The molecule has 0 heterocycles. The molecule has 0 spiro atoms. The van der Waals surface area contributed by atoms with Gasteiger partial charge in [-0.25, -0.2) is 0 Å². The van der Waals surface area contributed by atoms with Crippen molar-refractivity contribution < 1.29 is 4.79 Å². The number of benzene rings is 2. The number of carbonyl (C=O) groups excluding carboxylic acids is 1. The molecule has 2 aromatic carbocycles. The quantitative estimate of drug-likeness (QED) is 0.842. The zero-order chi connectivity index (χ0) is 18.2. The number of hydrogen-bond acceptors (Lipinski definition) is 2. The Morgan fingerprint density at radius 3 is 1.79 bits per heavy atom. The Morgan fingerprint density at radius 1 is 0.917 bits per heavy atom. The number of rotatable bonds is 5. The van der Waals surface area contributed by atoms with Crippen LogP contribution in [0, 0.1) is 5.41 Å². The largest absolute Gasteiger partial charge is 0.349 e. The highest BCUT2D eigenvalue weighted by Crippen LogP contribution is 2.32. The Bertz CT molecular complexity index is 608. The standard InChI is InChI=1S/C19H24N2O.C2H6/c1-14(15-10-6-4-7-11-15)21-18(22)19(2,3)17(20)16-12-8-5-9-13-16;1-2/h4-14,17H,20H2,1-3H3,(H,21,22);1-2H3/t14-,17?;/m1./s1. The first-order chi connectivity index (χ1) is 11.4. The smallest absolute Gasteiger partial charge is 0.228 e. The third-order valence-corrected chi connectivity index (χ3v) is 4.17. The molecule has 0 aliphatic rings. The summed E-state index contributed by atoms with van der Waals surface area (Å²) in [6, 6.07) is 19.3. The van der Waals surface area contributed by atoms with Gasteiger partial charge in [-0.15, -0.1) is 0 Å². The topological polar surface area (TPSA) is 55.1 Å². The summed E-state index contributed by atoms with van der Waals surface area (Å²) in [6.45, 7) is 9.76. The molecule has 24 heavy (non-hydrogen) atoms. The van der Waals surface area contributed by atoms with Crippen LogP contribution in [0.2, 0.25) is 0 Å². The lowest BCUT2D eigenvalue weighted by Gasteiger charge is -2.32. The Labute approximate surface area is 146 Å². The van der Waals surface area contributed by atoms with Crippen LogP contribution in [0.15, 0.2) is 60.7 Å². The Kier molecular flexibility index (Phi) is 7.66. The third kappa shape index (κ3) is 4.93. The SMILES string of the molecule is CC.C[C@@H](NC(=O)C(C)(C)C(N)c1ccccc1)c1ccccc1. The summed E-state index contributed by atoms with van der Waals surface area (Å²) < 4.78 is 0. The van der Waals surface area contributed by atoms with Crippen molar-refractivity contribution in [2.45, 2.75) is 46.7 Å². The van der Waals surface area contributed by atoms with E-state index in [0.29, 0.717) is 0 Å². The van der Waals surface area contributed by atoms with Gasteiger partial charge in [0.15, 0.2) is 0 Å². The number of amides is 1. The van der Waals surface area contributed by atoms with Crippen molar-refractivity contribution in [1.82, 2.24) is 5.32 Å². The van der Waals surface area contributed by atoms with Gasteiger partial charge in [0.25, 0.3) is 0 Å². The molecule has 3 nitrogen and oxygen atoms in total. The zero-order valence-corrected chi connectivity index (χ0v) is 15.4. The molecule has 0 aliphatic carbocycles. The first-order valence-corrected chi connectivity index (χ1v) is 8.59.